The monoisotopic (exact) mass is 444 g/mol. The Morgan fingerprint density at radius 3 is 2.43 bits per heavy atom. The van der Waals surface area contributed by atoms with E-state index in [4.69, 9.17) is 0 Å². The van der Waals surface area contributed by atoms with Crippen LogP contribution in [0.3, 0.4) is 0 Å². The van der Waals surface area contributed by atoms with E-state index in [2.05, 4.69) is 10.3 Å². The molecule has 30 heavy (non-hydrogen) atoms. The third kappa shape index (κ3) is 4.48. The van der Waals surface area contributed by atoms with Crippen molar-refractivity contribution in [3.8, 4) is 0 Å². The Bertz CT molecular complexity index is 1050. The van der Waals surface area contributed by atoms with Gasteiger partial charge in [-0.05, 0) is 62.4 Å². The summed E-state index contributed by atoms with van der Waals surface area (Å²) in [6.07, 6.45) is -4.31. The van der Waals surface area contributed by atoms with Crippen molar-refractivity contribution in [1.82, 2.24) is 10.3 Å². The molecule has 1 saturated carbocycles. The summed E-state index contributed by atoms with van der Waals surface area (Å²) in [7, 11) is -4.23. The number of carbonyl (C=O) groups excluding carboxylic acids is 1. The quantitative estimate of drug-likeness (QED) is 0.717. The number of halogens is 4. The second-order valence-corrected chi connectivity index (χ2v) is 9.59. The molecule has 5 nitrogen and oxygen atoms in total. The molecule has 2 aromatic rings. The summed E-state index contributed by atoms with van der Waals surface area (Å²) >= 11 is 0. The first-order valence-electron chi connectivity index (χ1n) is 9.27. The lowest BCUT2D eigenvalue weighted by Gasteiger charge is -2.33. The topological polar surface area (TPSA) is 76.1 Å². The van der Waals surface area contributed by atoms with Crippen molar-refractivity contribution in [3.63, 3.8) is 0 Å². The van der Waals surface area contributed by atoms with Crippen molar-refractivity contribution >= 4 is 15.7 Å². The van der Waals surface area contributed by atoms with Crippen LogP contribution in [0.4, 0.5) is 17.6 Å². The van der Waals surface area contributed by atoms with Gasteiger partial charge in [-0.25, -0.2) is 12.8 Å². The first kappa shape index (κ1) is 22.2. The van der Waals surface area contributed by atoms with E-state index in [0.29, 0.717) is 11.6 Å². The van der Waals surface area contributed by atoms with E-state index in [9.17, 15) is 26.4 Å². The highest BCUT2D eigenvalue weighted by Gasteiger charge is 2.48. The highest BCUT2D eigenvalue weighted by Crippen LogP contribution is 2.40. The Hall–Kier alpha value is -2.49. The summed E-state index contributed by atoms with van der Waals surface area (Å²) < 4.78 is 79.3. The van der Waals surface area contributed by atoms with E-state index >= 15 is 4.39 Å². The van der Waals surface area contributed by atoms with Crippen LogP contribution in [0.2, 0.25) is 0 Å². The number of aromatic nitrogens is 1. The Morgan fingerprint density at radius 2 is 1.83 bits per heavy atom. The number of aryl methyl sites for hydroxylation is 1. The molecule has 3 rings (SSSR count). The molecule has 0 unspecified atom stereocenters. The predicted molar refractivity (Wildman–Crippen MR) is 101 cm³/mol. The zero-order chi connectivity index (χ0) is 22.2. The van der Waals surface area contributed by atoms with Crippen molar-refractivity contribution in [2.45, 2.75) is 54.7 Å². The molecule has 1 heterocycles. The SMILES string of the molecule is Cc1cccc(S(=O)(=O)C2(F)CCC(NC(=O)c3cc(C(F)(F)F)ccn3)CC2)c1. The number of hydrogen-bond donors (Lipinski definition) is 1. The number of benzene rings is 1. The number of amides is 1. The number of nitrogens with zero attached hydrogens (tertiary/aromatic N) is 1. The van der Waals surface area contributed by atoms with E-state index < -0.39 is 44.2 Å². The number of alkyl halides is 4. The number of pyridine rings is 1. The number of sulfone groups is 1. The fourth-order valence-electron chi connectivity index (χ4n) is 3.45. The van der Waals surface area contributed by atoms with Crippen molar-refractivity contribution in [3.05, 3.63) is 59.4 Å². The molecule has 1 N–H and O–H groups in total. The molecule has 1 amide bonds. The van der Waals surface area contributed by atoms with E-state index in [1.807, 2.05) is 0 Å². The molecule has 0 aliphatic heterocycles. The highest BCUT2D eigenvalue weighted by molar-refractivity contribution is 7.92. The molecule has 0 radical (unpaired) electrons. The number of rotatable bonds is 4. The van der Waals surface area contributed by atoms with E-state index in [0.717, 1.165) is 12.3 Å². The van der Waals surface area contributed by atoms with Crippen LogP contribution in [-0.2, 0) is 16.0 Å². The van der Waals surface area contributed by atoms with Crippen LogP contribution in [0.25, 0.3) is 0 Å². The molecular weight excluding hydrogens is 424 g/mol. The standard InChI is InChI=1S/C20H20F4N2O3S/c1-13-3-2-4-16(11-13)30(28,29)19(21)8-5-15(6-9-19)26-18(27)17-12-14(7-10-25-17)20(22,23)24/h2-4,7,10-12,15H,5-6,8-9H2,1H3,(H,26,27). The van der Waals surface area contributed by atoms with Crippen molar-refractivity contribution in [2.75, 3.05) is 0 Å². The zero-order valence-electron chi connectivity index (χ0n) is 16.0. The molecule has 1 aromatic heterocycles. The van der Waals surface area contributed by atoms with Gasteiger partial charge in [-0.2, -0.15) is 13.2 Å². The van der Waals surface area contributed by atoms with Crippen LogP contribution in [0.5, 0.6) is 0 Å². The minimum absolute atomic E-state index is 0.0340. The maximum atomic E-state index is 15.3. The second kappa shape index (κ2) is 7.98. The summed E-state index contributed by atoms with van der Waals surface area (Å²) in [6, 6.07) is 6.83. The Kier molecular flexibility index (Phi) is 5.90. The third-order valence-corrected chi connectivity index (χ3v) is 7.41. The molecule has 1 aliphatic carbocycles. The highest BCUT2D eigenvalue weighted by atomic mass is 32.2. The van der Waals surface area contributed by atoms with Gasteiger partial charge in [0.25, 0.3) is 5.91 Å². The minimum Gasteiger partial charge on any atom is -0.348 e. The largest absolute Gasteiger partial charge is 0.416 e. The van der Waals surface area contributed by atoms with Gasteiger partial charge in [-0.3, -0.25) is 9.78 Å². The molecule has 10 heteroatoms. The first-order valence-corrected chi connectivity index (χ1v) is 10.7. The molecular formula is C20H20F4N2O3S. The van der Waals surface area contributed by atoms with Crippen molar-refractivity contribution in [2.24, 2.45) is 0 Å². The molecule has 1 fully saturated rings. The smallest absolute Gasteiger partial charge is 0.348 e. The first-order chi connectivity index (χ1) is 13.9. The van der Waals surface area contributed by atoms with Gasteiger partial charge >= 0.3 is 6.18 Å². The average molecular weight is 444 g/mol. The van der Waals surface area contributed by atoms with Gasteiger partial charge in [-0.1, -0.05) is 12.1 Å². The van der Waals surface area contributed by atoms with Crippen LogP contribution in [0.15, 0.2) is 47.5 Å². The Balaban J connectivity index is 1.68. The average Bonchev–Trinajstić information content (AvgIpc) is 2.69. The van der Waals surface area contributed by atoms with Gasteiger partial charge in [0.1, 0.15) is 5.69 Å². The molecule has 1 aromatic carbocycles. The summed E-state index contributed by atoms with van der Waals surface area (Å²) in [6.45, 7) is 1.71. The molecule has 162 valence electrons. The number of hydrogen-bond acceptors (Lipinski definition) is 4. The van der Waals surface area contributed by atoms with Crippen LogP contribution < -0.4 is 5.32 Å². The van der Waals surface area contributed by atoms with Gasteiger partial charge in [0.15, 0.2) is 0 Å². The summed E-state index contributed by atoms with van der Waals surface area (Å²) in [4.78, 5) is 15.8. The Morgan fingerprint density at radius 1 is 1.17 bits per heavy atom. The van der Waals surface area contributed by atoms with Crippen molar-refractivity contribution < 1.29 is 30.8 Å². The van der Waals surface area contributed by atoms with Gasteiger partial charge in [0.05, 0.1) is 10.5 Å². The van der Waals surface area contributed by atoms with E-state index in [1.165, 1.54) is 12.1 Å². The second-order valence-electron chi connectivity index (χ2n) is 7.38. The number of nitrogens with one attached hydrogen (secondary N) is 1. The predicted octanol–water partition coefficient (Wildman–Crippen LogP) is 4.22. The third-order valence-electron chi connectivity index (χ3n) is 5.17. The van der Waals surface area contributed by atoms with Gasteiger partial charge in [-0.15, -0.1) is 0 Å². The van der Waals surface area contributed by atoms with Gasteiger partial charge in [0, 0.05) is 12.2 Å². The Labute approximate surface area is 171 Å². The summed E-state index contributed by atoms with van der Waals surface area (Å²) in [5, 5.41) is 0.0598. The molecule has 0 spiro atoms. The zero-order valence-corrected chi connectivity index (χ0v) is 16.9. The van der Waals surface area contributed by atoms with E-state index in [-0.39, 0.29) is 30.6 Å². The fraction of sp³-hybridized carbons (Fsp3) is 0.400. The maximum absolute atomic E-state index is 15.3. The van der Waals surface area contributed by atoms with E-state index in [1.54, 1.807) is 19.1 Å². The number of carbonyl (C=O) groups is 1. The van der Waals surface area contributed by atoms with Crippen LogP contribution >= 0.6 is 0 Å². The van der Waals surface area contributed by atoms with Gasteiger partial charge < -0.3 is 5.32 Å². The maximum Gasteiger partial charge on any atom is 0.416 e. The minimum atomic E-state index is -4.61. The summed E-state index contributed by atoms with van der Waals surface area (Å²) in [5.74, 6) is -0.820. The molecule has 1 aliphatic rings. The molecule has 0 saturated heterocycles. The molecule has 0 bridgehead atoms. The van der Waals surface area contributed by atoms with Crippen molar-refractivity contribution in [1.29, 1.82) is 0 Å². The lowest BCUT2D eigenvalue weighted by atomic mass is 9.93. The van der Waals surface area contributed by atoms with Crippen LogP contribution in [-0.4, -0.2) is 30.4 Å². The summed E-state index contributed by atoms with van der Waals surface area (Å²) in [5.41, 5.74) is -0.721. The normalized spacial score (nSPS) is 22.5. The van der Waals surface area contributed by atoms with Crippen LogP contribution in [0, 0.1) is 6.92 Å². The fourth-order valence-corrected chi connectivity index (χ4v) is 5.24. The molecule has 0 atom stereocenters. The van der Waals surface area contributed by atoms with Crippen LogP contribution in [0.1, 0.15) is 47.3 Å². The lowest BCUT2D eigenvalue weighted by molar-refractivity contribution is -0.137. The lowest BCUT2D eigenvalue weighted by Crippen LogP contribution is -2.45. The van der Waals surface area contributed by atoms with Gasteiger partial charge in [0.2, 0.25) is 14.8 Å².